The number of nitro benzene ring substituents is 1. The highest BCUT2D eigenvalue weighted by Crippen LogP contribution is 2.37. The van der Waals surface area contributed by atoms with Gasteiger partial charge in [0.1, 0.15) is 5.75 Å². The van der Waals surface area contributed by atoms with Gasteiger partial charge in [-0.2, -0.15) is 0 Å². The maximum Gasteiger partial charge on any atom is 0.338 e. The van der Waals surface area contributed by atoms with Gasteiger partial charge in [0, 0.05) is 39.7 Å². The normalized spacial score (nSPS) is 14.1. The van der Waals surface area contributed by atoms with E-state index < -0.39 is 22.5 Å². The molecule has 12 nitrogen and oxygen atoms in total. The summed E-state index contributed by atoms with van der Waals surface area (Å²) in [5.41, 5.74) is 2.51. The van der Waals surface area contributed by atoms with E-state index >= 15 is 0 Å². The smallest absolute Gasteiger partial charge is 0.338 e. The van der Waals surface area contributed by atoms with Gasteiger partial charge >= 0.3 is 5.97 Å². The molecule has 6 aromatic rings. The van der Waals surface area contributed by atoms with Crippen LogP contribution in [0.15, 0.2) is 122 Å². The number of aromatic nitrogens is 4. The van der Waals surface area contributed by atoms with Crippen LogP contribution in [0.4, 0.5) is 5.69 Å². The van der Waals surface area contributed by atoms with E-state index in [1.165, 1.54) is 28.5 Å². The molecule has 4 aromatic carbocycles. The Balaban J connectivity index is 1.42. The van der Waals surface area contributed by atoms with E-state index in [0.29, 0.717) is 60.4 Å². The summed E-state index contributed by atoms with van der Waals surface area (Å²) in [5.74, 6) is 0.611. The van der Waals surface area contributed by atoms with E-state index in [-0.39, 0.29) is 22.4 Å². The predicted octanol–water partition coefficient (Wildman–Crippen LogP) is 6.94. The summed E-state index contributed by atoms with van der Waals surface area (Å²) in [7, 11) is 1.56. The Labute approximate surface area is 321 Å². The fourth-order valence-corrected chi connectivity index (χ4v) is 8.29. The number of carbonyl (C=O) groups excluding carboxylic acids is 1. The number of methoxy groups -OCH3 is 1. The molecule has 1 atom stereocenters. The summed E-state index contributed by atoms with van der Waals surface area (Å²) in [6.07, 6.45) is 1.62. The van der Waals surface area contributed by atoms with Crippen LogP contribution >= 0.6 is 34.7 Å². The van der Waals surface area contributed by atoms with Gasteiger partial charge in [0.05, 0.1) is 40.5 Å². The summed E-state index contributed by atoms with van der Waals surface area (Å²) in [6.45, 7) is 4.33. The molecule has 0 N–H and O–H groups in total. The number of esters is 1. The molecule has 0 radical (unpaired) electrons. The Hall–Kier alpha value is -5.83. The lowest BCUT2D eigenvalue weighted by Crippen LogP contribution is -2.40. The van der Waals surface area contributed by atoms with Crippen LogP contribution in [0.3, 0.4) is 0 Å². The lowest BCUT2D eigenvalue weighted by molar-refractivity contribution is -0.384. The van der Waals surface area contributed by atoms with Crippen LogP contribution in [0.5, 0.6) is 5.75 Å². The zero-order valence-electron chi connectivity index (χ0n) is 29.1. The fourth-order valence-electron chi connectivity index (χ4n) is 6.13. The summed E-state index contributed by atoms with van der Waals surface area (Å²) < 4.78 is 14.6. The van der Waals surface area contributed by atoms with Crippen molar-refractivity contribution >= 4 is 58.1 Å². The van der Waals surface area contributed by atoms with Crippen molar-refractivity contribution in [2.45, 2.75) is 36.5 Å². The number of ether oxygens (including phenoxy) is 2. The summed E-state index contributed by atoms with van der Waals surface area (Å²) >= 11 is 8.65. The minimum absolute atomic E-state index is 0.115. The maximum absolute atomic E-state index is 14.6. The first kappa shape index (κ1) is 36.5. The monoisotopic (exact) mass is 778 g/mol. The molecule has 0 saturated heterocycles. The Morgan fingerprint density at radius 3 is 2.44 bits per heavy atom. The number of nitrogens with zero attached hydrogens (tertiary/aromatic N) is 6. The fraction of sp³-hybridized carbons (Fsp3) is 0.154. The molecule has 15 heteroatoms. The Morgan fingerprint density at radius 2 is 1.76 bits per heavy atom. The van der Waals surface area contributed by atoms with Crippen LogP contribution in [0.25, 0.3) is 23.2 Å². The Morgan fingerprint density at radius 1 is 1.00 bits per heavy atom. The van der Waals surface area contributed by atoms with Crippen molar-refractivity contribution in [1.29, 1.82) is 0 Å². The van der Waals surface area contributed by atoms with Crippen LogP contribution in [0, 0.1) is 10.1 Å². The van der Waals surface area contributed by atoms with Crippen LogP contribution in [0.2, 0.25) is 5.02 Å². The first-order valence-corrected chi connectivity index (χ1v) is 18.8. The molecule has 1 aliphatic heterocycles. The second kappa shape index (κ2) is 15.6. The van der Waals surface area contributed by atoms with Crippen LogP contribution in [-0.4, -0.2) is 43.9 Å². The van der Waals surface area contributed by atoms with Gasteiger partial charge in [0.25, 0.3) is 11.2 Å². The van der Waals surface area contributed by atoms with E-state index in [2.05, 4.69) is 10.2 Å². The maximum atomic E-state index is 14.6. The molecule has 272 valence electrons. The number of fused-ring (bicyclic) bond motifs is 1. The molecule has 0 spiro atoms. The predicted molar refractivity (Wildman–Crippen MR) is 207 cm³/mol. The van der Waals surface area contributed by atoms with E-state index in [1.54, 1.807) is 62.6 Å². The number of nitro groups is 1. The van der Waals surface area contributed by atoms with E-state index in [1.807, 2.05) is 54.0 Å². The van der Waals surface area contributed by atoms with Gasteiger partial charge in [0.15, 0.2) is 15.8 Å². The highest BCUT2D eigenvalue weighted by Gasteiger charge is 2.35. The molecule has 0 fully saturated rings. The number of hydrogen-bond acceptors (Lipinski definition) is 11. The van der Waals surface area contributed by atoms with Crippen LogP contribution < -0.4 is 19.6 Å². The summed E-state index contributed by atoms with van der Waals surface area (Å²) in [6, 6.07) is 27.2. The van der Waals surface area contributed by atoms with E-state index in [4.69, 9.17) is 26.1 Å². The molecule has 54 heavy (non-hydrogen) atoms. The van der Waals surface area contributed by atoms with Crippen molar-refractivity contribution in [3.63, 3.8) is 0 Å². The minimum atomic E-state index is -0.907. The molecule has 2 aromatic heterocycles. The van der Waals surface area contributed by atoms with Crippen LogP contribution in [-0.2, 0) is 16.1 Å². The molecule has 0 bridgehead atoms. The van der Waals surface area contributed by atoms with Crippen molar-refractivity contribution < 1.29 is 19.2 Å². The zero-order chi connectivity index (χ0) is 37.9. The van der Waals surface area contributed by atoms with Gasteiger partial charge in [0.2, 0.25) is 0 Å². The zero-order valence-corrected chi connectivity index (χ0v) is 31.5. The number of carbonyl (C=O) groups is 1. The average Bonchev–Trinajstić information content (AvgIpc) is 3.74. The average molecular weight is 779 g/mol. The standard InChI is InChI=1S/C39H31ClN6O6S2/c1-4-44-35(25-12-9-13-27(40)20-25)42-43-39(44)53-30-19-16-28(46(49)50)21-26(30)22-31-36(47)45-34(24-14-17-29(51-3)18-15-24)32(37(48)52-5-2)33(41-38(45)54-31)23-10-7-6-8-11-23/h6-22,34H,4-5H2,1-3H3/b31-22+/t34-/m1/s1. The quantitative estimate of drug-likeness (QED) is 0.0777. The second-order valence-electron chi connectivity index (χ2n) is 11.8. The molecule has 0 amide bonds. The van der Waals surface area contributed by atoms with Gasteiger partial charge in [-0.15, -0.1) is 10.2 Å². The van der Waals surface area contributed by atoms with Crippen molar-refractivity contribution in [1.82, 2.24) is 19.3 Å². The number of rotatable bonds is 11. The second-order valence-corrected chi connectivity index (χ2v) is 14.3. The lowest BCUT2D eigenvalue weighted by Gasteiger charge is -2.26. The number of non-ortho nitro benzene ring substituents is 1. The molecule has 1 aliphatic rings. The van der Waals surface area contributed by atoms with Crippen molar-refractivity contribution in [2.75, 3.05) is 13.7 Å². The molecule has 0 aliphatic carbocycles. The van der Waals surface area contributed by atoms with E-state index in [0.717, 1.165) is 16.9 Å². The first-order chi connectivity index (χ1) is 26.2. The van der Waals surface area contributed by atoms with Gasteiger partial charge in [-0.05, 0) is 73.1 Å². The summed E-state index contributed by atoms with van der Waals surface area (Å²) in [5, 5.41) is 21.9. The van der Waals surface area contributed by atoms with Gasteiger partial charge < -0.3 is 14.0 Å². The lowest BCUT2D eigenvalue weighted by atomic mass is 9.93. The molecular weight excluding hydrogens is 748 g/mol. The molecule has 3 heterocycles. The van der Waals surface area contributed by atoms with E-state index in [9.17, 15) is 19.7 Å². The highest BCUT2D eigenvalue weighted by atomic mass is 35.5. The number of hydrogen-bond donors (Lipinski definition) is 0. The molecule has 0 saturated carbocycles. The number of halogens is 1. The van der Waals surface area contributed by atoms with Crippen molar-refractivity contribution in [3.8, 4) is 17.1 Å². The first-order valence-electron chi connectivity index (χ1n) is 16.8. The van der Waals surface area contributed by atoms with Gasteiger partial charge in [-0.25, -0.2) is 9.79 Å². The Bertz CT molecular complexity index is 2620. The third-order valence-electron chi connectivity index (χ3n) is 8.61. The number of thiazole rings is 1. The van der Waals surface area contributed by atoms with Crippen molar-refractivity contribution in [2.24, 2.45) is 4.99 Å². The number of benzene rings is 4. The summed E-state index contributed by atoms with van der Waals surface area (Å²) in [4.78, 5) is 45.7. The van der Waals surface area contributed by atoms with Gasteiger partial charge in [-0.3, -0.25) is 19.5 Å². The molecular formula is C39H31ClN6O6S2. The van der Waals surface area contributed by atoms with Crippen molar-refractivity contribution in [3.05, 3.63) is 154 Å². The third-order valence-corrected chi connectivity index (χ3v) is 10.9. The minimum Gasteiger partial charge on any atom is -0.497 e. The SMILES string of the molecule is CCOC(=O)C1=C(c2ccccc2)N=c2s/c(=C/c3cc([N+](=O)[O-])ccc3Sc3nnc(-c4cccc(Cl)c4)n3CC)c(=O)n2[C@@H]1c1ccc(OC)cc1. The topological polar surface area (TPSA) is 144 Å². The molecule has 0 unspecified atom stereocenters. The Kier molecular flexibility index (Phi) is 10.6. The largest absolute Gasteiger partial charge is 0.497 e. The van der Waals surface area contributed by atoms with Gasteiger partial charge in [-0.1, -0.05) is 77.5 Å². The van der Waals surface area contributed by atoms with Crippen LogP contribution in [0.1, 0.15) is 36.6 Å². The third kappa shape index (κ3) is 7.10. The molecule has 7 rings (SSSR count). The highest BCUT2D eigenvalue weighted by molar-refractivity contribution is 7.99.